The third-order valence-electron chi connectivity index (χ3n) is 4.39. The monoisotopic (exact) mass is 272 g/mol. The summed E-state index contributed by atoms with van der Waals surface area (Å²) in [5.74, 6) is 0.551. The van der Waals surface area contributed by atoms with E-state index < -0.39 is 0 Å². The van der Waals surface area contributed by atoms with Gasteiger partial charge in [0.2, 0.25) is 5.91 Å². The number of nitrogens with zero attached hydrogens (tertiary/aromatic N) is 1. The predicted octanol–water partition coefficient (Wildman–Crippen LogP) is 2.49. The normalized spacial score (nSPS) is 22.6. The van der Waals surface area contributed by atoms with E-state index in [2.05, 4.69) is 41.4 Å². The standard InChI is InChI=1S/C17H24N2O/c1-13-4-6-14(7-5-13)12-19(16-8-9-16)17(20)15-3-2-10-18-11-15/h4-7,15-16,18H,2-3,8-12H2,1H3. The molecule has 0 bridgehead atoms. The molecule has 1 aromatic carbocycles. The first-order valence-electron chi connectivity index (χ1n) is 7.81. The Labute approximate surface area is 121 Å². The Bertz CT molecular complexity index is 458. The molecule has 1 unspecified atom stereocenters. The van der Waals surface area contributed by atoms with Gasteiger partial charge in [-0.2, -0.15) is 0 Å². The number of benzene rings is 1. The van der Waals surface area contributed by atoms with Gasteiger partial charge in [0.1, 0.15) is 0 Å². The van der Waals surface area contributed by atoms with E-state index in [1.807, 2.05) is 0 Å². The van der Waals surface area contributed by atoms with Crippen LogP contribution in [0.4, 0.5) is 0 Å². The SMILES string of the molecule is Cc1ccc(CN(C(=O)C2CCCNC2)C2CC2)cc1. The van der Waals surface area contributed by atoms with Crippen molar-refractivity contribution < 1.29 is 4.79 Å². The van der Waals surface area contributed by atoms with Crippen LogP contribution in [-0.2, 0) is 11.3 Å². The van der Waals surface area contributed by atoms with E-state index in [1.54, 1.807) is 0 Å². The second-order valence-corrected chi connectivity index (χ2v) is 6.23. The Morgan fingerprint density at radius 2 is 2.00 bits per heavy atom. The summed E-state index contributed by atoms with van der Waals surface area (Å²) in [6.45, 7) is 4.79. The number of aryl methyl sites for hydroxylation is 1. The lowest BCUT2D eigenvalue weighted by atomic mass is 9.97. The zero-order chi connectivity index (χ0) is 13.9. The maximum absolute atomic E-state index is 12.7. The molecule has 1 heterocycles. The maximum atomic E-state index is 12.7. The van der Waals surface area contributed by atoms with Crippen molar-refractivity contribution in [3.05, 3.63) is 35.4 Å². The van der Waals surface area contributed by atoms with Gasteiger partial charge in [0, 0.05) is 19.1 Å². The topological polar surface area (TPSA) is 32.3 Å². The highest BCUT2D eigenvalue weighted by molar-refractivity contribution is 5.79. The largest absolute Gasteiger partial charge is 0.335 e. The summed E-state index contributed by atoms with van der Waals surface area (Å²) in [4.78, 5) is 14.9. The average Bonchev–Trinajstić information content (AvgIpc) is 3.31. The van der Waals surface area contributed by atoms with Gasteiger partial charge >= 0.3 is 0 Å². The fourth-order valence-electron chi connectivity index (χ4n) is 2.96. The van der Waals surface area contributed by atoms with Crippen LogP contribution in [-0.4, -0.2) is 29.9 Å². The van der Waals surface area contributed by atoms with Crippen LogP contribution < -0.4 is 5.32 Å². The van der Waals surface area contributed by atoms with Crippen molar-refractivity contribution in [2.24, 2.45) is 5.92 Å². The quantitative estimate of drug-likeness (QED) is 0.913. The molecule has 1 atom stereocenters. The molecule has 1 aliphatic carbocycles. The predicted molar refractivity (Wildman–Crippen MR) is 80.3 cm³/mol. The third-order valence-corrected chi connectivity index (χ3v) is 4.39. The van der Waals surface area contributed by atoms with Crippen molar-refractivity contribution in [2.75, 3.05) is 13.1 Å². The smallest absolute Gasteiger partial charge is 0.227 e. The number of carbonyl (C=O) groups excluding carboxylic acids is 1. The number of rotatable bonds is 4. The van der Waals surface area contributed by atoms with Crippen LogP contribution in [0.3, 0.4) is 0 Å². The lowest BCUT2D eigenvalue weighted by Gasteiger charge is -2.30. The molecule has 1 saturated heterocycles. The minimum Gasteiger partial charge on any atom is -0.335 e. The van der Waals surface area contributed by atoms with E-state index >= 15 is 0 Å². The van der Waals surface area contributed by atoms with E-state index in [0.717, 1.165) is 32.5 Å². The maximum Gasteiger partial charge on any atom is 0.227 e. The van der Waals surface area contributed by atoms with Gasteiger partial charge in [-0.3, -0.25) is 4.79 Å². The van der Waals surface area contributed by atoms with E-state index in [1.165, 1.54) is 24.0 Å². The van der Waals surface area contributed by atoms with Gasteiger partial charge in [0.15, 0.2) is 0 Å². The van der Waals surface area contributed by atoms with Gasteiger partial charge in [-0.1, -0.05) is 29.8 Å². The van der Waals surface area contributed by atoms with Crippen molar-refractivity contribution in [3.8, 4) is 0 Å². The van der Waals surface area contributed by atoms with Crippen molar-refractivity contribution in [1.29, 1.82) is 0 Å². The molecular formula is C17H24N2O. The number of hydrogen-bond donors (Lipinski definition) is 1. The van der Waals surface area contributed by atoms with Crippen LogP contribution in [0.15, 0.2) is 24.3 Å². The number of piperidine rings is 1. The Kier molecular flexibility index (Phi) is 4.06. The molecule has 20 heavy (non-hydrogen) atoms. The highest BCUT2D eigenvalue weighted by atomic mass is 16.2. The second kappa shape index (κ2) is 5.96. The lowest BCUT2D eigenvalue weighted by Crippen LogP contribution is -2.43. The van der Waals surface area contributed by atoms with Crippen molar-refractivity contribution >= 4 is 5.91 Å². The third kappa shape index (κ3) is 3.21. The average molecular weight is 272 g/mol. The van der Waals surface area contributed by atoms with E-state index in [-0.39, 0.29) is 5.92 Å². The Morgan fingerprint density at radius 1 is 1.25 bits per heavy atom. The summed E-state index contributed by atoms with van der Waals surface area (Å²) in [6.07, 6.45) is 4.53. The van der Waals surface area contributed by atoms with Gasteiger partial charge < -0.3 is 10.2 Å². The molecule has 2 fully saturated rings. The first-order valence-corrected chi connectivity index (χ1v) is 7.81. The van der Waals surface area contributed by atoms with Gasteiger partial charge in [-0.05, 0) is 44.7 Å². The molecule has 1 amide bonds. The van der Waals surface area contributed by atoms with E-state index in [0.29, 0.717) is 11.9 Å². The first kappa shape index (κ1) is 13.6. The first-order chi connectivity index (χ1) is 9.74. The molecule has 1 aromatic rings. The van der Waals surface area contributed by atoms with Crippen LogP contribution >= 0.6 is 0 Å². The molecule has 1 saturated carbocycles. The molecule has 0 spiro atoms. The molecule has 2 aliphatic rings. The summed E-state index contributed by atoms with van der Waals surface area (Å²) in [5.41, 5.74) is 2.52. The molecule has 3 heteroatoms. The molecule has 1 N–H and O–H groups in total. The molecule has 0 radical (unpaired) electrons. The molecular weight excluding hydrogens is 248 g/mol. The highest BCUT2D eigenvalue weighted by Gasteiger charge is 2.36. The lowest BCUT2D eigenvalue weighted by molar-refractivity contribution is -0.137. The molecule has 0 aromatic heterocycles. The van der Waals surface area contributed by atoms with Gasteiger partial charge in [-0.25, -0.2) is 0 Å². The van der Waals surface area contributed by atoms with Crippen LogP contribution in [0.2, 0.25) is 0 Å². The Balaban J connectivity index is 1.68. The fraction of sp³-hybridized carbons (Fsp3) is 0.588. The fourth-order valence-corrected chi connectivity index (χ4v) is 2.96. The molecule has 108 valence electrons. The molecule has 3 rings (SSSR count). The molecule has 3 nitrogen and oxygen atoms in total. The van der Waals surface area contributed by atoms with Crippen molar-refractivity contribution in [2.45, 2.75) is 45.2 Å². The summed E-state index contributed by atoms with van der Waals surface area (Å²) < 4.78 is 0. The number of amides is 1. The van der Waals surface area contributed by atoms with Crippen molar-refractivity contribution in [3.63, 3.8) is 0 Å². The Hall–Kier alpha value is -1.35. The molecule has 1 aliphatic heterocycles. The zero-order valence-corrected chi connectivity index (χ0v) is 12.3. The van der Waals surface area contributed by atoms with Crippen LogP contribution in [0.25, 0.3) is 0 Å². The summed E-state index contributed by atoms with van der Waals surface area (Å²) >= 11 is 0. The summed E-state index contributed by atoms with van der Waals surface area (Å²) in [6, 6.07) is 9.06. The number of hydrogen-bond acceptors (Lipinski definition) is 2. The van der Waals surface area contributed by atoms with E-state index in [9.17, 15) is 4.79 Å². The Morgan fingerprint density at radius 3 is 2.60 bits per heavy atom. The number of nitrogens with one attached hydrogen (secondary N) is 1. The summed E-state index contributed by atoms with van der Waals surface area (Å²) in [5, 5.41) is 3.35. The minimum absolute atomic E-state index is 0.190. The summed E-state index contributed by atoms with van der Waals surface area (Å²) in [7, 11) is 0. The minimum atomic E-state index is 0.190. The second-order valence-electron chi connectivity index (χ2n) is 6.23. The van der Waals surface area contributed by atoms with E-state index in [4.69, 9.17) is 0 Å². The van der Waals surface area contributed by atoms with Gasteiger partial charge in [-0.15, -0.1) is 0 Å². The zero-order valence-electron chi connectivity index (χ0n) is 12.3. The van der Waals surface area contributed by atoms with Gasteiger partial charge in [0.05, 0.1) is 5.92 Å². The number of carbonyl (C=O) groups is 1. The van der Waals surface area contributed by atoms with Crippen molar-refractivity contribution in [1.82, 2.24) is 10.2 Å². The van der Waals surface area contributed by atoms with Crippen LogP contribution in [0, 0.1) is 12.8 Å². The van der Waals surface area contributed by atoms with Crippen LogP contribution in [0.5, 0.6) is 0 Å². The highest BCUT2D eigenvalue weighted by Crippen LogP contribution is 2.30. The van der Waals surface area contributed by atoms with Crippen LogP contribution in [0.1, 0.15) is 36.8 Å². The van der Waals surface area contributed by atoms with Gasteiger partial charge in [0.25, 0.3) is 0 Å².